The molecule has 0 aliphatic rings. The standard InChI is InChI=1S/C14H11FINO3S/c1-9(18)10-3-2-4-12(7-10)21(19,20)17-14-6-5-11(15)8-13(14)16/h2-8,17H,1H3. The molecule has 0 amide bonds. The number of hydrogen-bond donors (Lipinski definition) is 1. The van der Waals surface area contributed by atoms with Crippen molar-refractivity contribution in [1.82, 2.24) is 0 Å². The average Bonchev–Trinajstić information content (AvgIpc) is 2.42. The summed E-state index contributed by atoms with van der Waals surface area (Å²) in [6, 6.07) is 9.50. The number of carbonyl (C=O) groups is 1. The highest BCUT2D eigenvalue weighted by atomic mass is 127. The molecular formula is C14H11FINO3S. The Kier molecular flexibility index (Phi) is 4.62. The van der Waals surface area contributed by atoms with Crippen molar-refractivity contribution in [1.29, 1.82) is 0 Å². The number of anilines is 1. The fraction of sp³-hybridized carbons (Fsp3) is 0.0714. The number of halogens is 2. The lowest BCUT2D eigenvalue weighted by molar-refractivity contribution is 0.101. The summed E-state index contributed by atoms with van der Waals surface area (Å²) in [6.45, 7) is 1.36. The first kappa shape index (κ1) is 15.9. The van der Waals surface area contributed by atoms with Crippen molar-refractivity contribution in [3.05, 3.63) is 57.4 Å². The van der Waals surface area contributed by atoms with Crippen molar-refractivity contribution in [3.8, 4) is 0 Å². The Morgan fingerprint density at radius 3 is 2.52 bits per heavy atom. The number of Topliss-reactive ketones (excluding diaryl/α,β-unsaturated/α-hetero) is 1. The van der Waals surface area contributed by atoms with Crippen molar-refractivity contribution in [3.63, 3.8) is 0 Å². The Hall–Kier alpha value is -1.48. The van der Waals surface area contributed by atoms with Crippen molar-refractivity contribution in [2.24, 2.45) is 0 Å². The smallest absolute Gasteiger partial charge is 0.261 e. The van der Waals surface area contributed by atoms with Crippen molar-refractivity contribution in [2.45, 2.75) is 11.8 Å². The van der Waals surface area contributed by atoms with E-state index >= 15 is 0 Å². The third kappa shape index (κ3) is 3.79. The number of ketones is 1. The molecule has 0 unspecified atom stereocenters. The van der Waals surface area contributed by atoms with E-state index in [1.54, 1.807) is 6.07 Å². The van der Waals surface area contributed by atoms with E-state index in [4.69, 9.17) is 0 Å². The van der Waals surface area contributed by atoms with Gasteiger partial charge in [-0.2, -0.15) is 0 Å². The van der Waals surface area contributed by atoms with E-state index in [0.29, 0.717) is 9.13 Å². The molecule has 4 nitrogen and oxygen atoms in total. The van der Waals surface area contributed by atoms with Crippen LogP contribution in [-0.4, -0.2) is 14.2 Å². The third-order valence-electron chi connectivity index (χ3n) is 2.73. The number of hydrogen-bond acceptors (Lipinski definition) is 3. The van der Waals surface area contributed by atoms with Crippen molar-refractivity contribution < 1.29 is 17.6 Å². The van der Waals surface area contributed by atoms with Crippen LogP contribution >= 0.6 is 22.6 Å². The molecule has 0 heterocycles. The Balaban J connectivity index is 2.38. The van der Waals surface area contributed by atoms with Gasteiger partial charge >= 0.3 is 0 Å². The van der Waals surface area contributed by atoms with Crippen LogP contribution in [0.1, 0.15) is 17.3 Å². The molecule has 2 rings (SSSR count). The Morgan fingerprint density at radius 1 is 1.19 bits per heavy atom. The highest BCUT2D eigenvalue weighted by molar-refractivity contribution is 14.1. The minimum absolute atomic E-state index is 0.0182. The summed E-state index contributed by atoms with van der Waals surface area (Å²) in [4.78, 5) is 11.3. The molecule has 21 heavy (non-hydrogen) atoms. The molecule has 110 valence electrons. The number of carbonyl (C=O) groups excluding carboxylic acids is 1. The van der Waals surface area contributed by atoms with Gasteiger partial charge in [-0.25, -0.2) is 12.8 Å². The molecule has 2 aromatic rings. The quantitative estimate of drug-likeness (QED) is 0.610. The summed E-state index contributed by atoms with van der Waals surface area (Å²) < 4.78 is 40.4. The van der Waals surface area contributed by atoms with Gasteiger partial charge in [0.15, 0.2) is 5.78 Å². The van der Waals surface area contributed by atoms with Crippen LogP contribution < -0.4 is 4.72 Å². The molecule has 0 aliphatic carbocycles. The van der Waals surface area contributed by atoms with E-state index < -0.39 is 15.8 Å². The maximum Gasteiger partial charge on any atom is 0.261 e. The van der Waals surface area contributed by atoms with Gasteiger partial charge in [0, 0.05) is 9.13 Å². The van der Waals surface area contributed by atoms with Crippen molar-refractivity contribution >= 4 is 44.1 Å². The maximum atomic E-state index is 13.0. The fourth-order valence-electron chi connectivity index (χ4n) is 1.66. The van der Waals surface area contributed by atoms with Gasteiger partial charge in [-0.1, -0.05) is 12.1 Å². The lowest BCUT2D eigenvalue weighted by Gasteiger charge is -2.10. The Labute approximate surface area is 135 Å². The lowest BCUT2D eigenvalue weighted by Crippen LogP contribution is -2.14. The first-order valence-corrected chi connectivity index (χ1v) is 8.44. The predicted molar refractivity (Wildman–Crippen MR) is 86.4 cm³/mol. The van der Waals surface area contributed by atoms with Crippen LogP contribution in [0.25, 0.3) is 0 Å². The zero-order chi connectivity index (χ0) is 15.6. The SMILES string of the molecule is CC(=O)c1cccc(S(=O)(=O)Nc2ccc(F)cc2I)c1. The summed E-state index contributed by atoms with van der Waals surface area (Å²) in [5.41, 5.74) is 0.594. The van der Waals surface area contributed by atoms with E-state index in [1.807, 2.05) is 22.6 Å². The number of rotatable bonds is 4. The molecule has 0 saturated carbocycles. The monoisotopic (exact) mass is 419 g/mol. The largest absolute Gasteiger partial charge is 0.295 e. The number of sulfonamides is 1. The van der Waals surface area contributed by atoms with Gasteiger partial charge in [-0.3, -0.25) is 9.52 Å². The fourth-order valence-corrected chi connectivity index (χ4v) is 3.58. The van der Waals surface area contributed by atoms with Gasteiger partial charge in [0.25, 0.3) is 10.0 Å². The molecular weight excluding hydrogens is 408 g/mol. The van der Waals surface area contributed by atoms with E-state index in [-0.39, 0.29) is 16.4 Å². The molecule has 0 aromatic heterocycles. The first-order valence-electron chi connectivity index (χ1n) is 5.88. The number of nitrogens with one attached hydrogen (secondary N) is 1. The molecule has 0 aliphatic heterocycles. The molecule has 0 saturated heterocycles. The van der Waals surface area contributed by atoms with Gasteiger partial charge in [-0.05, 0) is 59.8 Å². The summed E-state index contributed by atoms with van der Waals surface area (Å²) >= 11 is 1.84. The third-order valence-corrected chi connectivity index (χ3v) is 4.98. The molecule has 0 fully saturated rings. The number of benzene rings is 2. The van der Waals surface area contributed by atoms with Gasteiger partial charge < -0.3 is 0 Å². The van der Waals surface area contributed by atoms with Crippen LogP contribution in [0.5, 0.6) is 0 Å². The molecule has 7 heteroatoms. The molecule has 0 radical (unpaired) electrons. The first-order chi connectivity index (χ1) is 9.79. The van der Waals surface area contributed by atoms with Crippen LogP contribution in [0.15, 0.2) is 47.4 Å². The topological polar surface area (TPSA) is 63.2 Å². The zero-order valence-electron chi connectivity index (χ0n) is 10.9. The van der Waals surface area contributed by atoms with E-state index in [1.165, 1.54) is 43.3 Å². The molecule has 1 N–H and O–H groups in total. The minimum atomic E-state index is -3.83. The molecule has 0 bridgehead atoms. The predicted octanol–water partition coefficient (Wildman–Crippen LogP) is 3.43. The van der Waals surface area contributed by atoms with E-state index in [9.17, 15) is 17.6 Å². The Morgan fingerprint density at radius 2 is 1.90 bits per heavy atom. The second-order valence-corrected chi connectivity index (χ2v) is 7.16. The lowest BCUT2D eigenvalue weighted by atomic mass is 10.2. The maximum absolute atomic E-state index is 13.0. The highest BCUT2D eigenvalue weighted by Crippen LogP contribution is 2.23. The summed E-state index contributed by atoms with van der Waals surface area (Å²) in [5, 5.41) is 0. The van der Waals surface area contributed by atoms with Crippen LogP contribution in [0.4, 0.5) is 10.1 Å². The van der Waals surface area contributed by atoms with Crippen LogP contribution in [-0.2, 0) is 10.0 Å². The Bertz CT molecular complexity index is 806. The molecule has 2 aromatic carbocycles. The second-order valence-electron chi connectivity index (χ2n) is 4.31. The van der Waals surface area contributed by atoms with Crippen LogP contribution in [0.3, 0.4) is 0 Å². The zero-order valence-corrected chi connectivity index (χ0v) is 13.9. The highest BCUT2D eigenvalue weighted by Gasteiger charge is 2.17. The van der Waals surface area contributed by atoms with Gasteiger partial charge in [0.1, 0.15) is 5.82 Å². The second kappa shape index (κ2) is 6.10. The van der Waals surface area contributed by atoms with Crippen LogP contribution in [0, 0.1) is 9.39 Å². The summed E-state index contributed by atoms with van der Waals surface area (Å²) in [5.74, 6) is -0.663. The van der Waals surface area contributed by atoms with Gasteiger partial charge in [-0.15, -0.1) is 0 Å². The molecule has 0 spiro atoms. The van der Waals surface area contributed by atoms with E-state index in [0.717, 1.165) is 0 Å². The minimum Gasteiger partial charge on any atom is -0.295 e. The van der Waals surface area contributed by atoms with Gasteiger partial charge in [0.05, 0.1) is 10.6 Å². The van der Waals surface area contributed by atoms with Gasteiger partial charge in [0.2, 0.25) is 0 Å². The van der Waals surface area contributed by atoms with Crippen LogP contribution in [0.2, 0.25) is 0 Å². The normalized spacial score (nSPS) is 11.2. The summed E-state index contributed by atoms with van der Waals surface area (Å²) in [7, 11) is -3.83. The van der Waals surface area contributed by atoms with Crippen molar-refractivity contribution in [2.75, 3.05) is 4.72 Å². The molecule has 0 atom stereocenters. The average molecular weight is 419 g/mol. The van der Waals surface area contributed by atoms with E-state index in [2.05, 4.69) is 4.72 Å². The summed E-state index contributed by atoms with van der Waals surface area (Å²) in [6.07, 6.45) is 0.